The molecule has 118 valence electrons. The van der Waals surface area contributed by atoms with Gasteiger partial charge in [-0.2, -0.15) is 0 Å². The van der Waals surface area contributed by atoms with Gasteiger partial charge in [-0.15, -0.1) is 0 Å². The third-order valence-corrected chi connectivity index (χ3v) is 4.18. The number of rotatable bonds is 6. The molecule has 0 spiro atoms. The lowest BCUT2D eigenvalue weighted by molar-refractivity contribution is -0.132. The average Bonchev–Trinajstić information content (AvgIpc) is 2.90. The molecule has 2 rings (SSSR count). The van der Waals surface area contributed by atoms with Crippen molar-refractivity contribution in [3.63, 3.8) is 0 Å². The molecule has 1 N–H and O–H groups in total. The topological polar surface area (TPSA) is 48.7 Å². The van der Waals surface area contributed by atoms with Gasteiger partial charge in [0.2, 0.25) is 5.91 Å². The van der Waals surface area contributed by atoms with Crippen molar-refractivity contribution in [3.05, 3.63) is 23.7 Å². The minimum absolute atomic E-state index is 0.157. The fourth-order valence-electron chi connectivity index (χ4n) is 2.86. The Labute approximate surface area is 127 Å². The van der Waals surface area contributed by atoms with Gasteiger partial charge in [0.25, 0.3) is 0 Å². The summed E-state index contributed by atoms with van der Waals surface area (Å²) >= 11 is 0. The number of carbonyl (C=O) groups excluding carboxylic acids is 1. The van der Waals surface area contributed by atoms with Gasteiger partial charge in [-0.3, -0.25) is 9.69 Å². The summed E-state index contributed by atoms with van der Waals surface area (Å²) in [6.07, 6.45) is 2.25. The zero-order chi connectivity index (χ0) is 15.2. The van der Waals surface area contributed by atoms with Crippen molar-refractivity contribution >= 4 is 5.91 Å². The van der Waals surface area contributed by atoms with Crippen molar-refractivity contribution in [3.8, 4) is 0 Å². The van der Waals surface area contributed by atoms with E-state index in [2.05, 4.69) is 17.1 Å². The van der Waals surface area contributed by atoms with Gasteiger partial charge >= 0.3 is 0 Å². The normalized spacial score (nSPS) is 16.4. The quantitative estimate of drug-likeness (QED) is 0.866. The van der Waals surface area contributed by atoms with Crippen LogP contribution in [-0.2, 0) is 11.3 Å². The Morgan fingerprint density at radius 2 is 2.10 bits per heavy atom. The van der Waals surface area contributed by atoms with Crippen molar-refractivity contribution in [2.24, 2.45) is 0 Å². The van der Waals surface area contributed by atoms with Gasteiger partial charge in [-0.05, 0) is 51.5 Å². The van der Waals surface area contributed by atoms with Crippen LogP contribution in [0.25, 0.3) is 0 Å². The highest BCUT2D eigenvalue weighted by atomic mass is 16.3. The van der Waals surface area contributed by atoms with E-state index in [1.165, 1.54) is 0 Å². The van der Waals surface area contributed by atoms with Gasteiger partial charge in [0.05, 0.1) is 13.1 Å². The number of likely N-dealkylation sites (N-methyl/N-ethyl adjacent to an activating group) is 2. The van der Waals surface area contributed by atoms with Gasteiger partial charge in [0.15, 0.2) is 0 Å². The lowest BCUT2D eigenvalue weighted by Crippen LogP contribution is -2.47. The molecular weight excluding hydrogens is 266 g/mol. The first-order valence-corrected chi connectivity index (χ1v) is 7.84. The standard InChI is InChI=1S/C16H27N3O2/c1-4-19(14-7-9-17-10-8-14)12-16(20)18(3)11-15-6-5-13(2)21-15/h5-6,14,17H,4,7-12H2,1-3H3. The van der Waals surface area contributed by atoms with Gasteiger partial charge in [-0.25, -0.2) is 0 Å². The van der Waals surface area contributed by atoms with Crippen molar-refractivity contribution in [1.82, 2.24) is 15.1 Å². The minimum atomic E-state index is 0.157. The van der Waals surface area contributed by atoms with Crippen molar-refractivity contribution in [1.29, 1.82) is 0 Å². The molecule has 5 nitrogen and oxygen atoms in total. The summed E-state index contributed by atoms with van der Waals surface area (Å²) in [7, 11) is 1.84. The van der Waals surface area contributed by atoms with Gasteiger partial charge in [0, 0.05) is 13.1 Å². The number of furan rings is 1. The molecule has 0 bridgehead atoms. The molecule has 0 aliphatic carbocycles. The number of carbonyl (C=O) groups is 1. The van der Waals surface area contributed by atoms with E-state index in [-0.39, 0.29) is 5.91 Å². The number of piperidine rings is 1. The third-order valence-electron chi connectivity index (χ3n) is 4.18. The van der Waals surface area contributed by atoms with Crippen LogP contribution in [-0.4, -0.2) is 55.0 Å². The molecule has 1 aromatic heterocycles. The lowest BCUT2D eigenvalue weighted by Gasteiger charge is -2.34. The first-order chi connectivity index (χ1) is 10.1. The zero-order valence-corrected chi connectivity index (χ0v) is 13.4. The second kappa shape index (κ2) is 7.61. The van der Waals surface area contributed by atoms with E-state index in [0.29, 0.717) is 19.1 Å². The van der Waals surface area contributed by atoms with Crippen LogP contribution >= 0.6 is 0 Å². The molecule has 0 unspecified atom stereocenters. The number of amides is 1. The first kappa shape index (κ1) is 16.0. The molecule has 0 saturated carbocycles. The van der Waals surface area contributed by atoms with Gasteiger partial charge in [0.1, 0.15) is 11.5 Å². The summed E-state index contributed by atoms with van der Waals surface area (Å²) < 4.78 is 5.54. The third kappa shape index (κ3) is 4.58. The Balaban J connectivity index is 1.86. The molecule has 1 amide bonds. The van der Waals surface area contributed by atoms with Crippen molar-refractivity contribution in [2.75, 3.05) is 33.2 Å². The Morgan fingerprint density at radius 3 is 2.67 bits per heavy atom. The Morgan fingerprint density at radius 1 is 1.38 bits per heavy atom. The molecule has 1 aromatic rings. The second-order valence-corrected chi connectivity index (χ2v) is 5.81. The number of hydrogen-bond donors (Lipinski definition) is 1. The summed E-state index contributed by atoms with van der Waals surface area (Å²) in [5, 5.41) is 3.37. The van der Waals surface area contributed by atoms with E-state index in [9.17, 15) is 4.79 Å². The number of hydrogen-bond acceptors (Lipinski definition) is 4. The number of aryl methyl sites for hydroxylation is 1. The van der Waals surface area contributed by atoms with E-state index in [4.69, 9.17) is 4.42 Å². The van der Waals surface area contributed by atoms with Crippen molar-refractivity contribution < 1.29 is 9.21 Å². The molecule has 1 aliphatic rings. The van der Waals surface area contributed by atoms with E-state index < -0.39 is 0 Å². The fourth-order valence-corrected chi connectivity index (χ4v) is 2.86. The van der Waals surface area contributed by atoms with Crippen molar-refractivity contribution in [2.45, 2.75) is 39.3 Å². The molecular formula is C16H27N3O2. The number of nitrogens with zero attached hydrogens (tertiary/aromatic N) is 2. The van der Waals surface area contributed by atoms with Crippen LogP contribution in [0.1, 0.15) is 31.3 Å². The maximum Gasteiger partial charge on any atom is 0.236 e. The highest BCUT2D eigenvalue weighted by Crippen LogP contribution is 2.13. The van der Waals surface area contributed by atoms with Crippen LogP contribution in [0.5, 0.6) is 0 Å². The summed E-state index contributed by atoms with van der Waals surface area (Å²) in [6.45, 7) is 8.11. The summed E-state index contributed by atoms with van der Waals surface area (Å²) in [5.74, 6) is 1.88. The molecule has 1 aliphatic heterocycles. The maximum atomic E-state index is 12.4. The Hall–Kier alpha value is -1.33. The molecule has 1 saturated heterocycles. The van der Waals surface area contributed by atoms with E-state index >= 15 is 0 Å². The predicted molar refractivity (Wildman–Crippen MR) is 83.1 cm³/mol. The van der Waals surface area contributed by atoms with Crippen LogP contribution in [0.2, 0.25) is 0 Å². The summed E-state index contributed by atoms with van der Waals surface area (Å²) in [5.41, 5.74) is 0. The Kier molecular flexibility index (Phi) is 5.82. The zero-order valence-electron chi connectivity index (χ0n) is 13.4. The highest BCUT2D eigenvalue weighted by molar-refractivity contribution is 5.78. The van der Waals surface area contributed by atoms with Crippen LogP contribution in [0, 0.1) is 6.92 Å². The van der Waals surface area contributed by atoms with Crippen LogP contribution < -0.4 is 5.32 Å². The largest absolute Gasteiger partial charge is 0.464 e. The van der Waals surface area contributed by atoms with Gasteiger partial charge < -0.3 is 14.6 Å². The van der Waals surface area contributed by atoms with E-state index in [0.717, 1.165) is 44.0 Å². The average molecular weight is 293 g/mol. The van der Waals surface area contributed by atoms with Gasteiger partial charge in [-0.1, -0.05) is 6.92 Å². The predicted octanol–water partition coefficient (Wildman–Crippen LogP) is 1.62. The molecule has 1 fully saturated rings. The van der Waals surface area contributed by atoms with Crippen LogP contribution in [0.3, 0.4) is 0 Å². The molecule has 2 heterocycles. The lowest BCUT2D eigenvalue weighted by atomic mass is 10.0. The molecule has 0 aromatic carbocycles. The number of nitrogens with one attached hydrogen (secondary N) is 1. The molecule has 5 heteroatoms. The maximum absolute atomic E-state index is 12.4. The molecule has 0 atom stereocenters. The van der Waals surface area contributed by atoms with E-state index in [1.54, 1.807) is 4.90 Å². The smallest absolute Gasteiger partial charge is 0.236 e. The minimum Gasteiger partial charge on any atom is -0.464 e. The monoisotopic (exact) mass is 293 g/mol. The fraction of sp³-hybridized carbons (Fsp3) is 0.688. The second-order valence-electron chi connectivity index (χ2n) is 5.81. The SMILES string of the molecule is CCN(CC(=O)N(C)Cc1ccc(C)o1)C1CCNCC1. The summed E-state index contributed by atoms with van der Waals surface area (Å²) in [4.78, 5) is 16.4. The van der Waals surface area contributed by atoms with E-state index in [1.807, 2.05) is 26.1 Å². The Bertz CT molecular complexity index is 452. The summed E-state index contributed by atoms with van der Waals surface area (Å²) in [6, 6.07) is 4.39. The molecule has 21 heavy (non-hydrogen) atoms. The first-order valence-electron chi connectivity index (χ1n) is 7.84. The van der Waals surface area contributed by atoms with Crippen LogP contribution in [0.15, 0.2) is 16.5 Å². The van der Waals surface area contributed by atoms with Crippen LogP contribution in [0.4, 0.5) is 0 Å². The highest BCUT2D eigenvalue weighted by Gasteiger charge is 2.23. The molecule has 0 radical (unpaired) electrons.